The predicted octanol–water partition coefficient (Wildman–Crippen LogP) is 1.78. The first-order valence-corrected chi connectivity index (χ1v) is 7.74. The molecule has 1 aromatic rings. The van der Waals surface area contributed by atoms with Gasteiger partial charge in [0.2, 0.25) is 0 Å². The second-order valence-corrected chi connectivity index (χ2v) is 6.20. The Morgan fingerprint density at radius 1 is 1.40 bits per heavy atom. The molecular formula is C15H25N3O2. The monoisotopic (exact) mass is 279 g/mol. The van der Waals surface area contributed by atoms with E-state index in [0.717, 1.165) is 50.2 Å². The number of hydrogen-bond acceptors (Lipinski definition) is 5. The molecule has 5 heteroatoms. The Bertz CT molecular complexity index is 413. The van der Waals surface area contributed by atoms with Crippen LogP contribution in [0.1, 0.15) is 37.1 Å². The standard InChI is InChI=1S/C15H25N3O2/c1-18(6-7-19-11-12-2-3-12)10-15-8-14(17-20-15)9-16-13-4-5-13/h8,12-13,16H,2-7,9-11H2,1H3. The van der Waals surface area contributed by atoms with Gasteiger partial charge in [0.1, 0.15) is 0 Å². The average molecular weight is 279 g/mol. The summed E-state index contributed by atoms with van der Waals surface area (Å²) in [7, 11) is 2.09. The minimum absolute atomic E-state index is 0.710. The number of aromatic nitrogens is 1. The van der Waals surface area contributed by atoms with Gasteiger partial charge in [-0.1, -0.05) is 5.16 Å². The Balaban J connectivity index is 1.30. The summed E-state index contributed by atoms with van der Waals surface area (Å²) in [5.41, 5.74) is 1.00. The highest BCUT2D eigenvalue weighted by Gasteiger charge is 2.21. The third kappa shape index (κ3) is 4.89. The fraction of sp³-hybridized carbons (Fsp3) is 0.800. The molecule has 112 valence electrons. The zero-order valence-electron chi connectivity index (χ0n) is 12.3. The smallest absolute Gasteiger partial charge is 0.151 e. The summed E-state index contributed by atoms with van der Waals surface area (Å²) in [6, 6.07) is 2.76. The van der Waals surface area contributed by atoms with E-state index < -0.39 is 0 Å². The molecule has 2 saturated carbocycles. The lowest BCUT2D eigenvalue weighted by Crippen LogP contribution is -2.23. The molecule has 0 unspecified atom stereocenters. The molecule has 0 aliphatic heterocycles. The van der Waals surface area contributed by atoms with Crippen molar-refractivity contribution in [2.45, 2.75) is 44.8 Å². The van der Waals surface area contributed by atoms with Gasteiger partial charge in [-0.25, -0.2) is 0 Å². The number of ether oxygens (including phenoxy) is 1. The minimum Gasteiger partial charge on any atom is -0.380 e. The number of hydrogen-bond donors (Lipinski definition) is 1. The summed E-state index contributed by atoms with van der Waals surface area (Å²) < 4.78 is 11.0. The van der Waals surface area contributed by atoms with E-state index in [0.29, 0.717) is 6.04 Å². The molecule has 2 aliphatic carbocycles. The second kappa shape index (κ2) is 6.70. The van der Waals surface area contributed by atoms with E-state index in [-0.39, 0.29) is 0 Å². The Kier molecular flexibility index (Phi) is 4.70. The van der Waals surface area contributed by atoms with E-state index in [1.54, 1.807) is 0 Å². The summed E-state index contributed by atoms with van der Waals surface area (Å²) in [4.78, 5) is 2.21. The van der Waals surface area contributed by atoms with Crippen LogP contribution in [0.25, 0.3) is 0 Å². The van der Waals surface area contributed by atoms with Crippen LogP contribution < -0.4 is 5.32 Å². The quantitative estimate of drug-likeness (QED) is 0.662. The molecule has 0 saturated heterocycles. The largest absolute Gasteiger partial charge is 0.380 e. The minimum atomic E-state index is 0.710. The highest BCUT2D eigenvalue weighted by Crippen LogP contribution is 2.28. The maximum Gasteiger partial charge on any atom is 0.151 e. The first kappa shape index (κ1) is 14.0. The van der Waals surface area contributed by atoms with Gasteiger partial charge < -0.3 is 14.6 Å². The Hall–Kier alpha value is -0.910. The molecule has 2 aliphatic rings. The Morgan fingerprint density at radius 2 is 2.25 bits per heavy atom. The first-order valence-electron chi connectivity index (χ1n) is 7.74. The number of nitrogens with zero attached hydrogens (tertiary/aromatic N) is 2. The van der Waals surface area contributed by atoms with Crippen molar-refractivity contribution in [3.63, 3.8) is 0 Å². The topological polar surface area (TPSA) is 50.5 Å². The number of rotatable bonds is 10. The first-order chi connectivity index (χ1) is 9.79. The van der Waals surface area contributed by atoms with Gasteiger partial charge in [-0.15, -0.1) is 0 Å². The van der Waals surface area contributed by atoms with Crippen LogP contribution in [0.5, 0.6) is 0 Å². The van der Waals surface area contributed by atoms with E-state index in [9.17, 15) is 0 Å². The molecule has 1 aromatic heterocycles. The third-order valence-corrected chi connectivity index (χ3v) is 3.85. The SMILES string of the molecule is CN(CCOCC1CC1)Cc1cc(CNC2CC2)no1. The van der Waals surface area contributed by atoms with Crippen molar-refractivity contribution in [2.75, 3.05) is 26.8 Å². The maximum absolute atomic E-state index is 5.65. The van der Waals surface area contributed by atoms with Gasteiger partial charge in [-0.05, 0) is 38.6 Å². The Morgan fingerprint density at radius 3 is 3.00 bits per heavy atom. The van der Waals surface area contributed by atoms with E-state index in [4.69, 9.17) is 9.26 Å². The van der Waals surface area contributed by atoms with Gasteiger partial charge in [-0.2, -0.15) is 0 Å². The molecule has 3 rings (SSSR count). The van der Waals surface area contributed by atoms with E-state index in [1.165, 1.54) is 25.7 Å². The van der Waals surface area contributed by atoms with Gasteiger partial charge in [0.05, 0.1) is 18.8 Å². The molecule has 0 atom stereocenters. The van der Waals surface area contributed by atoms with Crippen molar-refractivity contribution < 1.29 is 9.26 Å². The fourth-order valence-electron chi connectivity index (χ4n) is 2.15. The van der Waals surface area contributed by atoms with Crippen LogP contribution in [0.4, 0.5) is 0 Å². The van der Waals surface area contributed by atoms with Gasteiger partial charge in [0, 0.05) is 31.8 Å². The summed E-state index contributed by atoms with van der Waals surface area (Å²) in [6.07, 6.45) is 5.31. The van der Waals surface area contributed by atoms with Gasteiger partial charge in [0.25, 0.3) is 0 Å². The molecule has 20 heavy (non-hydrogen) atoms. The summed E-state index contributed by atoms with van der Waals surface area (Å²) in [5, 5.41) is 7.54. The fourth-order valence-corrected chi connectivity index (χ4v) is 2.15. The van der Waals surface area contributed by atoms with Crippen LogP contribution in [-0.4, -0.2) is 42.9 Å². The highest BCUT2D eigenvalue weighted by molar-refractivity contribution is 5.05. The molecule has 1 heterocycles. The maximum atomic E-state index is 5.65. The number of likely N-dealkylation sites (N-methyl/N-ethyl adjacent to an activating group) is 1. The summed E-state index contributed by atoms with van der Waals surface area (Å²) in [5.74, 6) is 1.78. The lowest BCUT2D eigenvalue weighted by Gasteiger charge is -2.14. The predicted molar refractivity (Wildman–Crippen MR) is 76.2 cm³/mol. The summed E-state index contributed by atoms with van der Waals surface area (Å²) >= 11 is 0. The lowest BCUT2D eigenvalue weighted by molar-refractivity contribution is 0.0993. The van der Waals surface area contributed by atoms with Crippen molar-refractivity contribution in [2.24, 2.45) is 5.92 Å². The molecule has 0 amide bonds. The second-order valence-electron chi connectivity index (χ2n) is 6.20. The molecule has 2 fully saturated rings. The van der Waals surface area contributed by atoms with Crippen LogP contribution in [-0.2, 0) is 17.8 Å². The normalized spacial score (nSPS) is 18.9. The molecule has 0 aromatic carbocycles. The number of nitrogens with one attached hydrogen (secondary N) is 1. The van der Waals surface area contributed by atoms with Gasteiger partial charge in [-0.3, -0.25) is 4.90 Å². The van der Waals surface area contributed by atoms with Crippen LogP contribution in [0.15, 0.2) is 10.6 Å². The third-order valence-electron chi connectivity index (χ3n) is 3.85. The van der Waals surface area contributed by atoms with Crippen LogP contribution in [0.2, 0.25) is 0 Å². The van der Waals surface area contributed by atoms with Crippen molar-refractivity contribution in [1.82, 2.24) is 15.4 Å². The van der Waals surface area contributed by atoms with Crippen LogP contribution in [0.3, 0.4) is 0 Å². The van der Waals surface area contributed by atoms with Gasteiger partial charge >= 0.3 is 0 Å². The molecule has 0 spiro atoms. The lowest BCUT2D eigenvalue weighted by atomic mass is 10.3. The van der Waals surface area contributed by atoms with Crippen molar-refractivity contribution in [1.29, 1.82) is 0 Å². The van der Waals surface area contributed by atoms with Crippen molar-refractivity contribution in [3.8, 4) is 0 Å². The van der Waals surface area contributed by atoms with Crippen molar-refractivity contribution in [3.05, 3.63) is 17.5 Å². The molecular weight excluding hydrogens is 254 g/mol. The zero-order valence-corrected chi connectivity index (χ0v) is 12.3. The molecule has 0 radical (unpaired) electrons. The molecule has 0 bridgehead atoms. The van der Waals surface area contributed by atoms with Crippen LogP contribution >= 0.6 is 0 Å². The van der Waals surface area contributed by atoms with Crippen molar-refractivity contribution >= 4 is 0 Å². The van der Waals surface area contributed by atoms with E-state index in [2.05, 4.69) is 28.5 Å². The van der Waals surface area contributed by atoms with Crippen LogP contribution in [0, 0.1) is 5.92 Å². The zero-order chi connectivity index (χ0) is 13.8. The average Bonchev–Trinajstić information content (AvgIpc) is 3.34. The highest BCUT2D eigenvalue weighted by atomic mass is 16.5. The molecule has 1 N–H and O–H groups in total. The van der Waals surface area contributed by atoms with Gasteiger partial charge in [0.15, 0.2) is 5.76 Å². The summed E-state index contributed by atoms with van der Waals surface area (Å²) in [6.45, 7) is 4.29. The molecule has 5 nitrogen and oxygen atoms in total. The Labute approximate surface area is 120 Å². The van der Waals surface area contributed by atoms with E-state index >= 15 is 0 Å². The van der Waals surface area contributed by atoms with E-state index in [1.807, 2.05) is 0 Å².